The third kappa shape index (κ3) is 4.11. The van der Waals surface area contributed by atoms with Crippen molar-refractivity contribution in [1.82, 2.24) is 14.8 Å². The fourth-order valence-electron chi connectivity index (χ4n) is 4.29. The Morgan fingerprint density at radius 3 is 2.69 bits per heavy atom. The van der Waals surface area contributed by atoms with Crippen LogP contribution < -0.4 is 5.32 Å². The molecule has 0 spiro atoms. The van der Waals surface area contributed by atoms with Gasteiger partial charge in [0, 0.05) is 50.0 Å². The first-order chi connectivity index (χ1) is 14.9. The molecule has 4 rings (SSSR count). The summed E-state index contributed by atoms with van der Waals surface area (Å²) < 4.78 is 45.1. The standard InChI is InChI=1S/C22H25F2N5O2S/c1-14-6-5-7-16-18(14)28-29(13-21(2)11-22(23,24)12-21)19(16)20(30)27-15-8-9-26-17(10-15)32(4,31)25-3/h5-10H,11-13H2,1-4H3,(H,26,27,30). The largest absolute Gasteiger partial charge is 0.320 e. The second-order valence-corrected chi connectivity index (χ2v) is 11.2. The molecule has 1 atom stereocenters. The van der Waals surface area contributed by atoms with Crippen LogP contribution in [0.1, 0.15) is 35.8 Å². The molecule has 0 saturated heterocycles. The predicted octanol–water partition coefficient (Wildman–Crippen LogP) is 4.51. The van der Waals surface area contributed by atoms with Gasteiger partial charge in [-0.3, -0.25) is 9.48 Å². The summed E-state index contributed by atoms with van der Waals surface area (Å²) in [5.74, 6) is -3.11. The SMILES string of the molecule is CN=S(C)(=O)c1cc(NC(=O)c2c3cccc(C)c3nn2CC2(C)CC(F)(F)C2)ccn1. The summed E-state index contributed by atoms with van der Waals surface area (Å²) >= 11 is 0. The smallest absolute Gasteiger partial charge is 0.274 e. The molecule has 1 amide bonds. The van der Waals surface area contributed by atoms with Crippen LogP contribution in [0.3, 0.4) is 0 Å². The maximum Gasteiger partial charge on any atom is 0.274 e. The van der Waals surface area contributed by atoms with Crippen LogP contribution in [0.2, 0.25) is 0 Å². The Hall–Kier alpha value is -2.88. The number of nitrogens with zero attached hydrogens (tertiary/aromatic N) is 4. The van der Waals surface area contributed by atoms with Crippen LogP contribution in [0.5, 0.6) is 0 Å². The predicted molar refractivity (Wildman–Crippen MR) is 120 cm³/mol. The van der Waals surface area contributed by atoms with Crippen LogP contribution in [0, 0.1) is 12.3 Å². The normalized spacial score (nSPS) is 18.6. The van der Waals surface area contributed by atoms with E-state index >= 15 is 0 Å². The minimum Gasteiger partial charge on any atom is -0.320 e. The molecule has 1 N–H and O–H groups in total. The molecule has 170 valence electrons. The molecule has 1 aliphatic rings. The fourth-order valence-corrected chi connectivity index (χ4v) is 5.08. The lowest BCUT2D eigenvalue weighted by molar-refractivity contribution is -0.159. The number of fused-ring (bicyclic) bond motifs is 1. The quantitative estimate of drug-likeness (QED) is 0.605. The van der Waals surface area contributed by atoms with E-state index in [2.05, 4.69) is 19.8 Å². The second kappa shape index (κ2) is 7.61. The van der Waals surface area contributed by atoms with Gasteiger partial charge in [0.2, 0.25) is 5.92 Å². The zero-order valence-corrected chi connectivity index (χ0v) is 19.2. The number of pyridine rings is 1. The van der Waals surface area contributed by atoms with Crippen molar-refractivity contribution in [3.05, 3.63) is 47.8 Å². The van der Waals surface area contributed by atoms with E-state index in [1.165, 1.54) is 30.2 Å². The van der Waals surface area contributed by atoms with Crippen LogP contribution >= 0.6 is 0 Å². The molecule has 2 aromatic heterocycles. The van der Waals surface area contributed by atoms with Crippen LogP contribution in [0.25, 0.3) is 10.9 Å². The van der Waals surface area contributed by atoms with Gasteiger partial charge in [-0.05, 0) is 30.0 Å². The first-order valence-electron chi connectivity index (χ1n) is 10.1. The van der Waals surface area contributed by atoms with Crippen LogP contribution in [0.15, 0.2) is 45.9 Å². The van der Waals surface area contributed by atoms with Gasteiger partial charge >= 0.3 is 0 Å². The maximum atomic E-state index is 13.6. The Kier molecular flexibility index (Phi) is 5.31. The molecule has 32 heavy (non-hydrogen) atoms. The number of aryl methyl sites for hydroxylation is 1. The van der Waals surface area contributed by atoms with E-state index in [1.807, 2.05) is 19.1 Å². The van der Waals surface area contributed by atoms with Gasteiger partial charge in [-0.1, -0.05) is 25.1 Å². The molecular formula is C22H25F2N5O2S. The van der Waals surface area contributed by atoms with Gasteiger partial charge in [-0.2, -0.15) is 5.10 Å². The van der Waals surface area contributed by atoms with Gasteiger partial charge in [-0.15, -0.1) is 0 Å². The number of amides is 1. The zero-order valence-electron chi connectivity index (χ0n) is 18.4. The molecule has 0 aliphatic heterocycles. The second-order valence-electron chi connectivity index (χ2n) is 8.82. The van der Waals surface area contributed by atoms with Crippen LogP contribution in [0.4, 0.5) is 14.5 Å². The van der Waals surface area contributed by atoms with Crippen molar-refractivity contribution in [2.45, 2.75) is 44.2 Å². The summed E-state index contributed by atoms with van der Waals surface area (Å²) in [6.45, 7) is 3.88. The molecule has 7 nitrogen and oxygen atoms in total. The molecule has 1 aliphatic carbocycles. The average Bonchev–Trinajstić information content (AvgIpc) is 3.05. The van der Waals surface area contributed by atoms with Crippen molar-refractivity contribution >= 4 is 32.2 Å². The Balaban J connectivity index is 1.72. The Labute approximate surface area is 185 Å². The number of benzene rings is 1. The van der Waals surface area contributed by atoms with Crippen molar-refractivity contribution in [2.24, 2.45) is 9.78 Å². The summed E-state index contributed by atoms with van der Waals surface area (Å²) in [7, 11) is -1.21. The molecule has 1 saturated carbocycles. The van der Waals surface area contributed by atoms with Crippen molar-refractivity contribution < 1.29 is 17.8 Å². The van der Waals surface area contributed by atoms with Crippen LogP contribution in [-0.4, -0.2) is 44.1 Å². The molecule has 1 unspecified atom stereocenters. The molecular weight excluding hydrogens is 436 g/mol. The number of carbonyl (C=O) groups is 1. The molecule has 0 radical (unpaired) electrons. The number of anilines is 1. The topological polar surface area (TPSA) is 89.2 Å². The van der Waals surface area contributed by atoms with E-state index in [0.29, 0.717) is 22.3 Å². The molecule has 3 aromatic rings. The van der Waals surface area contributed by atoms with Gasteiger partial charge in [0.25, 0.3) is 5.91 Å². The summed E-state index contributed by atoms with van der Waals surface area (Å²) in [4.78, 5) is 17.4. The van der Waals surface area contributed by atoms with Crippen molar-refractivity contribution in [1.29, 1.82) is 0 Å². The average molecular weight is 462 g/mol. The van der Waals surface area contributed by atoms with E-state index in [4.69, 9.17) is 0 Å². The van der Waals surface area contributed by atoms with Gasteiger partial charge < -0.3 is 5.32 Å². The molecule has 0 bridgehead atoms. The minimum atomic E-state index is -2.68. The van der Waals surface area contributed by atoms with Crippen molar-refractivity contribution in [3.8, 4) is 0 Å². The monoisotopic (exact) mass is 461 g/mol. The lowest BCUT2D eigenvalue weighted by Crippen LogP contribution is -2.47. The van der Waals surface area contributed by atoms with Gasteiger partial charge in [0.15, 0.2) is 0 Å². The van der Waals surface area contributed by atoms with Crippen molar-refractivity contribution in [2.75, 3.05) is 18.6 Å². The van der Waals surface area contributed by atoms with E-state index < -0.39 is 27.0 Å². The molecule has 1 aromatic carbocycles. The van der Waals surface area contributed by atoms with E-state index in [0.717, 1.165) is 5.56 Å². The first kappa shape index (κ1) is 22.3. The maximum absolute atomic E-state index is 13.6. The number of aromatic nitrogens is 3. The molecule has 10 heteroatoms. The number of halogens is 2. The number of hydrogen-bond donors (Lipinski definition) is 1. The lowest BCUT2D eigenvalue weighted by atomic mass is 9.67. The lowest BCUT2D eigenvalue weighted by Gasteiger charge is -2.44. The van der Waals surface area contributed by atoms with E-state index in [9.17, 15) is 17.8 Å². The van der Waals surface area contributed by atoms with Gasteiger partial charge in [-0.25, -0.2) is 22.3 Å². The van der Waals surface area contributed by atoms with Gasteiger partial charge in [0.1, 0.15) is 10.7 Å². The van der Waals surface area contributed by atoms with Gasteiger partial charge in [0.05, 0.1) is 15.2 Å². The highest BCUT2D eigenvalue weighted by molar-refractivity contribution is 7.92. The first-order valence-corrected chi connectivity index (χ1v) is 12.1. The summed E-state index contributed by atoms with van der Waals surface area (Å²) in [6, 6.07) is 8.63. The third-order valence-electron chi connectivity index (χ3n) is 5.82. The molecule has 2 heterocycles. The third-order valence-corrected chi connectivity index (χ3v) is 7.51. The van der Waals surface area contributed by atoms with Crippen LogP contribution in [-0.2, 0) is 16.3 Å². The number of nitrogens with one attached hydrogen (secondary N) is 1. The Morgan fingerprint density at radius 2 is 2.03 bits per heavy atom. The highest BCUT2D eigenvalue weighted by atomic mass is 32.2. The number of hydrogen-bond acceptors (Lipinski definition) is 5. The summed E-state index contributed by atoms with van der Waals surface area (Å²) in [5.41, 5.74) is 1.61. The number of alkyl halides is 2. The minimum absolute atomic E-state index is 0.207. The van der Waals surface area contributed by atoms with E-state index in [-0.39, 0.29) is 24.4 Å². The molecule has 1 fully saturated rings. The number of carbonyl (C=O) groups excluding carboxylic acids is 1. The summed E-state index contributed by atoms with van der Waals surface area (Å²) in [5, 5.41) is 8.32. The van der Waals surface area contributed by atoms with Crippen molar-refractivity contribution in [3.63, 3.8) is 0 Å². The Morgan fingerprint density at radius 1 is 1.31 bits per heavy atom. The highest BCUT2D eigenvalue weighted by Crippen LogP contribution is 2.52. The summed E-state index contributed by atoms with van der Waals surface area (Å²) in [6.07, 6.45) is 2.45. The zero-order chi connectivity index (χ0) is 23.3. The Bertz CT molecular complexity index is 1330. The van der Waals surface area contributed by atoms with E-state index in [1.54, 1.807) is 19.1 Å². The highest BCUT2D eigenvalue weighted by Gasteiger charge is 2.54. The number of rotatable bonds is 5. The fraction of sp³-hybridized carbons (Fsp3) is 0.409.